The number of nitrogens with zero attached hydrogens (tertiary/aromatic N) is 2. The third-order valence-corrected chi connectivity index (χ3v) is 4.36. The first-order valence-corrected chi connectivity index (χ1v) is 5.97. The predicted octanol–water partition coefficient (Wildman–Crippen LogP) is 1.48. The highest BCUT2D eigenvalue weighted by molar-refractivity contribution is 7.92. The predicted molar refractivity (Wildman–Crippen MR) is 49.4 cm³/mol. The van der Waals surface area contributed by atoms with Gasteiger partial charge in [0, 0.05) is 5.75 Å². The monoisotopic (exact) mass is 217 g/mol. The van der Waals surface area contributed by atoms with Gasteiger partial charge in [-0.1, -0.05) is 11.6 Å². The molecule has 0 aromatic carbocycles. The van der Waals surface area contributed by atoms with Gasteiger partial charge in [-0.15, -0.1) is 0 Å². The first kappa shape index (κ1) is 8.90. The highest BCUT2D eigenvalue weighted by Gasteiger charge is 2.24. The van der Waals surface area contributed by atoms with Gasteiger partial charge in [0.15, 0.2) is 0 Å². The summed E-state index contributed by atoms with van der Waals surface area (Å²) in [5, 5.41) is 0.171. The number of aryl methyl sites for hydroxylation is 1. The zero-order chi connectivity index (χ0) is 9.47. The second-order valence-electron chi connectivity index (χ2n) is 2.92. The summed E-state index contributed by atoms with van der Waals surface area (Å²) in [5.41, 5.74) is 0.672. The van der Waals surface area contributed by atoms with Crippen molar-refractivity contribution in [2.45, 2.75) is 17.7 Å². The van der Waals surface area contributed by atoms with E-state index in [9.17, 15) is 4.21 Å². The van der Waals surface area contributed by atoms with Gasteiger partial charge >= 0.3 is 0 Å². The summed E-state index contributed by atoms with van der Waals surface area (Å²) in [6, 6.07) is 0. The lowest BCUT2D eigenvalue weighted by Crippen LogP contribution is -2.17. The molecule has 1 aromatic rings. The molecule has 0 saturated heterocycles. The van der Waals surface area contributed by atoms with Crippen LogP contribution in [-0.4, -0.2) is 19.9 Å². The molecule has 0 saturated carbocycles. The fourth-order valence-corrected chi connectivity index (χ4v) is 3.58. The average Bonchev–Trinajstić information content (AvgIpc) is 2.02. The van der Waals surface area contributed by atoms with E-state index in [1.807, 2.05) is 0 Å². The Kier molecular flexibility index (Phi) is 2.00. The highest BCUT2D eigenvalue weighted by Crippen LogP contribution is 2.28. The van der Waals surface area contributed by atoms with Crippen molar-refractivity contribution in [1.82, 2.24) is 9.97 Å². The number of rotatable bonds is 0. The highest BCUT2D eigenvalue weighted by atomic mass is 35.5. The van der Waals surface area contributed by atoms with E-state index < -0.39 is 9.73 Å². The van der Waals surface area contributed by atoms with Crippen molar-refractivity contribution in [1.29, 1.82) is 4.78 Å². The van der Waals surface area contributed by atoms with Crippen LogP contribution in [0, 0.1) is 4.78 Å². The van der Waals surface area contributed by atoms with Crippen LogP contribution in [0.4, 0.5) is 0 Å². The van der Waals surface area contributed by atoms with Crippen LogP contribution < -0.4 is 0 Å². The zero-order valence-corrected chi connectivity index (χ0v) is 8.36. The Morgan fingerprint density at radius 2 is 2.31 bits per heavy atom. The first-order valence-electron chi connectivity index (χ1n) is 3.87. The molecule has 1 aliphatic heterocycles. The van der Waals surface area contributed by atoms with E-state index in [4.69, 9.17) is 16.4 Å². The van der Waals surface area contributed by atoms with Crippen LogP contribution in [0.3, 0.4) is 0 Å². The van der Waals surface area contributed by atoms with Crippen LogP contribution >= 0.6 is 11.6 Å². The Labute approximate surface area is 81.3 Å². The Balaban J connectivity index is 2.75. The maximum absolute atomic E-state index is 11.8. The number of hydrogen-bond acceptors (Lipinski definition) is 4. The number of fused-ring (bicyclic) bond motifs is 1. The van der Waals surface area contributed by atoms with E-state index in [-0.39, 0.29) is 5.15 Å². The summed E-state index contributed by atoms with van der Waals surface area (Å²) in [4.78, 5) is 8.07. The van der Waals surface area contributed by atoms with Gasteiger partial charge in [0.05, 0.1) is 15.4 Å². The van der Waals surface area contributed by atoms with Crippen molar-refractivity contribution in [2.75, 3.05) is 5.75 Å². The van der Waals surface area contributed by atoms with Crippen molar-refractivity contribution >= 4 is 21.3 Å². The molecule has 1 atom stereocenters. The maximum Gasteiger partial charge on any atom is 0.149 e. The van der Waals surface area contributed by atoms with Crippen LogP contribution in [0.15, 0.2) is 11.2 Å². The number of nitrogens with one attached hydrogen (secondary N) is 1. The van der Waals surface area contributed by atoms with Crippen molar-refractivity contribution in [3.63, 3.8) is 0 Å². The number of halogens is 1. The Hall–Kier alpha value is -0.680. The minimum absolute atomic E-state index is 0.171. The molecule has 1 unspecified atom stereocenters. The van der Waals surface area contributed by atoms with E-state index >= 15 is 0 Å². The van der Waals surface area contributed by atoms with E-state index in [2.05, 4.69) is 9.97 Å². The molecule has 70 valence electrons. The smallest absolute Gasteiger partial charge is 0.149 e. The SMILES string of the molecule is N=S1(=O)CCCc2ncnc(Cl)c21. The molecule has 4 nitrogen and oxygen atoms in total. The van der Waals surface area contributed by atoms with Gasteiger partial charge in [0.25, 0.3) is 0 Å². The number of aromatic nitrogens is 2. The second kappa shape index (κ2) is 2.92. The molecule has 0 radical (unpaired) electrons. The fraction of sp³-hybridized carbons (Fsp3) is 0.429. The van der Waals surface area contributed by atoms with Gasteiger partial charge < -0.3 is 0 Å². The third-order valence-electron chi connectivity index (χ3n) is 2.01. The van der Waals surface area contributed by atoms with Gasteiger partial charge in [0.1, 0.15) is 16.4 Å². The second-order valence-corrected chi connectivity index (χ2v) is 5.45. The minimum atomic E-state index is -2.73. The van der Waals surface area contributed by atoms with Crippen LogP contribution in [0.5, 0.6) is 0 Å². The van der Waals surface area contributed by atoms with Gasteiger partial charge in [-0.3, -0.25) is 0 Å². The first-order chi connectivity index (χ1) is 6.11. The summed E-state index contributed by atoms with van der Waals surface area (Å²) in [5.74, 6) is 0.368. The van der Waals surface area contributed by atoms with E-state index in [1.165, 1.54) is 6.33 Å². The van der Waals surface area contributed by atoms with Crippen molar-refractivity contribution < 1.29 is 4.21 Å². The van der Waals surface area contributed by atoms with Crippen molar-refractivity contribution in [2.24, 2.45) is 0 Å². The molecule has 6 heteroatoms. The lowest BCUT2D eigenvalue weighted by atomic mass is 10.2. The summed E-state index contributed by atoms with van der Waals surface area (Å²) in [6.07, 6.45) is 2.83. The van der Waals surface area contributed by atoms with Crippen LogP contribution in [0.25, 0.3) is 0 Å². The quantitative estimate of drug-likeness (QED) is 0.670. The normalized spacial score (nSPS) is 26.8. The van der Waals surface area contributed by atoms with Gasteiger partial charge in [-0.05, 0) is 12.8 Å². The molecule has 0 amide bonds. The molecule has 13 heavy (non-hydrogen) atoms. The molecular weight excluding hydrogens is 210 g/mol. The Morgan fingerprint density at radius 1 is 1.54 bits per heavy atom. The van der Waals surface area contributed by atoms with Crippen molar-refractivity contribution in [3.8, 4) is 0 Å². The molecule has 1 N–H and O–H groups in total. The van der Waals surface area contributed by atoms with E-state index in [1.54, 1.807) is 0 Å². The molecular formula is C7H8ClN3OS. The summed E-state index contributed by atoms with van der Waals surface area (Å²) < 4.78 is 19.4. The molecule has 2 heterocycles. The molecule has 0 aliphatic carbocycles. The van der Waals surface area contributed by atoms with Crippen LogP contribution in [-0.2, 0) is 16.1 Å². The summed E-state index contributed by atoms with van der Waals surface area (Å²) in [6.45, 7) is 0. The lowest BCUT2D eigenvalue weighted by molar-refractivity contribution is 0.660. The largest absolute Gasteiger partial charge is 0.249 e. The molecule has 1 aromatic heterocycles. The molecule has 0 spiro atoms. The molecule has 0 bridgehead atoms. The van der Waals surface area contributed by atoms with Crippen molar-refractivity contribution in [3.05, 3.63) is 17.2 Å². The van der Waals surface area contributed by atoms with Gasteiger partial charge in [0.2, 0.25) is 0 Å². The number of hydrogen-bond donors (Lipinski definition) is 1. The lowest BCUT2D eigenvalue weighted by Gasteiger charge is -2.17. The maximum atomic E-state index is 11.8. The van der Waals surface area contributed by atoms with E-state index in [0.717, 1.165) is 12.8 Å². The van der Waals surface area contributed by atoms with Crippen LogP contribution in [0.1, 0.15) is 12.1 Å². The molecule has 2 rings (SSSR count). The summed E-state index contributed by atoms with van der Waals surface area (Å²) >= 11 is 5.78. The topological polar surface area (TPSA) is 66.7 Å². The zero-order valence-electron chi connectivity index (χ0n) is 6.79. The van der Waals surface area contributed by atoms with Gasteiger partial charge in [-0.25, -0.2) is 19.0 Å². The fourth-order valence-electron chi connectivity index (χ4n) is 1.43. The summed E-state index contributed by atoms with van der Waals surface area (Å²) in [7, 11) is -2.73. The van der Waals surface area contributed by atoms with E-state index in [0.29, 0.717) is 16.3 Å². The minimum Gasteiger partial charge on any atom is -0.249 e. The standard InChI is InChI=1S/C7H8ClN3OS/c8-7-6-5(10-4-11-7)2-1-3-13(6,9)12/h4,9H,1-3H2. The van der Waals surface area contributed by atoms with Gasteiger partial charge in [-0.2, -0.15) is 0 Å². The van der Waals surface area contributed by atoms with Crippen LogP contribution in [0.2, 0.25) is 5.15 Å². The average molecular weight is 218 g/mol. The third kappa shape index (κ3) is 1.42. The Bertz CT molecular complexity index is 443. The Morgan fingerprint density at radius 3 is 3.00 bits per heavy atom. The molecule has 1 aliphatic rings. The molecule has 0 fully saturated rings.